The number of ketones is 1. The Hall–Kier alpha value is -1.65. The number of esters is 1. The molecule has 0 spiro atoms. The molecule has 1 fully saturated rings. The number of rotatable bonds is 3. The summed E-state index contributed by atoms with van der Waals surface area (Å²) in [7, 11) is 0. The molecule has 0 saturated heterocycles. The summed E-state index contributed by atoms with van der Waals surface area (Å²) < 4.78 is 6.47. The Balaban J connectivity index is 2.04. The normalized spacial score (nSPS) is 16.2. The number of carbonyl (C=O) groups is 2. The molecule has 1 aliphatic rings. The standard InChI is InChI=1S/C10H12N2O3/c1-2-15-10(14)9-3-4-12(11-9)7-5-8(13)6-7/h3-4,7H,2,5-6H2,1H3. The van der Waals surface area contributed by atoms with Gasteiger partial charge in [-0.1, -0.05) is 0 Å². The molecule has 2 rings (SSSR count). The van der Waals surface area contributed by atoms with Gasteiger partial charge in [0.1, 0.15) is 5.78 Å². The predicted octanol–water partition coefficient (Wildman–Crippen LogP) is 0.964. The molecule has 0 N–H and O–H groups in total. The van der Waals surface area contributed by atoms with Crippen LogP contribution in [-0.2, 0) is 9.53 Å². The van der Waals surface area contributed by atoms with Gasteiger partial charge in [-0.05, 0) is 13.0 Å². The van der Waals surface area contributed by atoms with Gasteiger partial charge in [0.2, 0.25) is 0 Å². The number of hydrogen-bond acceptors (Lipinski definition) is 4. The summed E-state index contributed by atoms with van der Waals surface area (Å²) in [5, 5.41) is 4.08. The number of ether oxygens (including phenoxy) is 1. The van der Waals surface area contributed by atoms with E-state index < -0.39 is 5.97 Å². The van der Waals surface area contributed by atoms with E-state index in [9.17, 15) is 9.59 Å². The molecule has 5 heteroatoms. The van der Waals surface area contributed by atoms with Crippen molar-refractivity contribution in [1.82, 2.24) is 9.78 Å². The first-order valence-electron chi connectivity index (χ1n) is 4.94. The largest absolute Gasteiger partial charge is 0.461 e. The van der Waals surface area contributed by atoms with Gasteiger partial charge in [0.05, 0.1) is 12.6 Å². The third kappa shape index (κ3) is 1.91. The van der Waals surface area contributed by atoms with Crippen molar-refractivity contribution in [3.63, 3.8) is 0 Å². The maximum atomic E-state index is 11.3. The summed E-state index contributed by atoms with van der Waals surface area (Å²) in [6.07, 6.45) is 2.75. The summed E-state index contributed by atoms with van der Waals surface area (Å²) in [4.78, 5) is 22.1. The summed E-state index contributed by atoms with van der Waals surface area (Å²) >= 11 is 0. The molecular formula is C10H12N2O3. The van der Waals surface area contributed by atoms with Gasteiger partial charge in [-0.25, -0.2) is 4.79 Å². The fraction of sp³-hybridized carbons (Fsp3) is 0.500. The predicted molar refractivity (Wildman–Crippen MR) is 51.5 cm³/mol. The van der Waals surface area contributed by atoms with E-state index >= 15 is 0 Å². The molecule has 15 heavy (non-hydrogen) atoms. The molecule has 0 radical (unpaired) electrons. The second kappa shape index (κ2) is 3.84. The Kier molecular flexibility index (Phi) is 2.53. The van der Waals surface area contributed by atoms with Gasteiger partial charge in [0, 0.05) is 19.0 Å². The molecule has 5 nitrogen and oxygen atoms in total. The maximum Gasteiger partial charge on any atom is 0.358 e. The van der Waals surface area contributed by atoms with Crippen LogP contribution in [0.3, 0.4) is 0 Å². The van der Waals surface area contributed by atoms with E-state index in [1.165, 1.54) is 0 Å². The Morgan fingerprint density at radius 1 is 1.67 bits per heavy atom. The van der Waals surface area contributed by atoms with E-state index in [0.29, 0.717) is 25.1 Å². The van der Waals surface area contributed by atoms with Crippen LogP contribution in [0.25, 0.3) is 0 Å². The number of Topliss-reactive ketones (excluding diaryl/α,β-unsaturated/α-hetero) is 1. The third-order valence-electron chi connectivity index (χ3n) is 2.39. The zero-order valence-electron chi connectivity index (χ0n) is 8.47. The first kappa shape index (κ1) is 9.89. The highest BCUT2D eigenvalue weighted by atomic mass is 16.5. The van der Waals surface area contributed by atoms with E-state index in [-0.39, 0.29) is 11.8 Å². The zero-order valence-corrected chi connectivity index (χ0v) is 8.47. The molecule has 80 valence electrons. The monoisotopic (exact) mass is 208 g/mol. The minimum atomic E-state index is -0.415. The molecule has 1 aliphatic carbocycles. The lowest BCUT2D eigenvalue weighted by atomic mass is 9.92. The summed E-state index contributed by atoms with van der Waals surface area (Å²) in [5.74, 6) is -0.171. The van der Waals surface area contributed by atoms with E-state index in [1.807, 2.05) is 0 Å². The highest BCUT2D eigenvalue weighted by Crippen LogP contribution is 2.27. The molecule has 0 atom stereocenters. The number of carbonyl (C=O) groups excluding carboxylic acids is 2. The van der Waals surface area contributed by atoms with Crippen molar-refractivity contribution in [3.05, 3.63) is 18.0 Å². The molecule has 1 aromatic rings. The molecule has 0 aliphatic heterocycles. The van der Waals surface area contributed by atoms with Crippen LogP contribution in [0, 0.1) is 0 Å². The second-order valence-electron chi connectivity index (χ2n) is 3.50. The zero-order chi connectivity index (χ0) is 10.8. The molecule has 0 amide bonds. The highest BCUT2D eigenvalue weighted by molar-refractivity contribution is 5.87. The van der Waals surface area contributed by atoms with Crippen molar-refractivity contribution in [2.45, 2.75) is 25.8 Å². The summed E-state index contributed by atoms with van der Waals surface area (Å²) in [6, 6.07) is 1.74. The maximum absolute atomic E-state index is 11.3. The fourth-order valence-electron chi connectivity index (χ4n) is 1.51. The Morgan fingerprint density at radius 3 is 3.00 bits per heavy atom. The van der Waals surface area contributed by atoms with Crippen LogP contribution >= 0.6 is 0 Å². The average Bonchev–Trinajstić information content (AvgIpc) is 2.62. The number of hydrogen-bond donors (Lipinski definition) is 0. The number of nitrogens with zero attached hydrogens (tertiary/aromatic N) is 2. The van der Waals surface area contributed by atoms with Crippen molar-refractivity contribution >= 4 is 11.8 Å². The first-order valence-corrected chi connectivity index (χ1v) is 4.94. The second-order valence-corrected chi connectivity index (χ2v) is 3.50. The van der Waals surface area contributed by atoms with E-state index in [1.54, 1.807) is 23.9 Å². The van der Waals surface area contributed by atoms with Crippen molar-refractivity contribution in [2.75, 3.05) is 6.61 Å². The van der Waals surface area contributed by atoms with Crippen LogP contribution in [0.1, 0.15) is 36.3 Å². The van der Waals surface area contributed by atoms with Gasteiger partial charge in [0.15, 0.2) is 5.69 Å². The Morgan fingerprint density at radius 2 is 2.40 bits per heavy atom. The lowest BCUT2D eigenvalue weighted by Gasteiger charge is -2.24. The van der Waals surface area contributed by atoms with E-state index in [0.717, 1.165) is 0 Å². The topological polar surface area (TPSA) is 61.2 Å². The van der Waals surface area contributed by atoms with Gasteiger partial charge in [0.25, 0.3) is 0 Å². The first-order chi connectivity index (χ1) is 7.20. The lowest BCUT2D eigenvalue weighted by Crippen LogP contribution is -2.27. The van der Waals surface area contributed by atoms with Crippen LogP contribution in [0.4, 0.5) is 0 Å². The quantitative estimate of drug-likeness (QED) is 0.694. The lowest BCUT2D eigenvalue weighted by molar-refractivity contribution is -0.126. The van der Waals surface area contributed by atoms with Crippen LogP contribution in [0.15, 0.2) is 12.3 Å². The van der Waals surface area contributed by atoms with Crippen molar-refractivity contribution in [1.29, 1.82) is 0 Å². The van der Waals surface area contributed by atoms with Gasteiger partial charge >= 0.3 is 5.97 Å². The molecule has 1 aromatic heterocycles. The summed E-state index contributed by atoms with van der Waals surface area (Å²) in [5.41, 5.74) is 0.302. The molecule has 0 bridgehead atoms. The summed E-state index contributed by atoms with van der Waals surface area (Å²) in [6.45, 7) is 2.09. The van der Waals surface area contributed by atoms with Crippen molar-refractivity contribution in [3.8, 4) is 0 Å². The highest BCUT2D eigenvalue weighted by Gasteiger charge is 2.29. The van der Waals surface area contributed by atoms with Gasteiger partial charge in [-0.15, -0.1) is 0 Å². The molecule has 0 aromatic carbocycles. The van der Waals surface area contributed by atoms with Gasteiger partial charge in [-0.3, -0.25) is 9.48 Å². The molecule has 1 heterocycles. The Bertz CT molecular complexity index is 389. The van der Waals surface area contributed by atoms with Crippen LogP contribution < -0.4 is 0 Å². The van der Waals surface area contributed by atoms with Gasteiger partial charge < -0.3 is 4.74 Å². The number of aromatic nitrogens is 2. The minimum Gasteiger partial charge on any atom is -0.461 e. The molecular weight excluding hydrogens is 196 g/mol. The Labute approximate surface area is 87.0 Å². The van der Waals surface area contributed by atoms with Crippen LogP contribution in [-0.4, -0.2) is 28.1 Å². The third-order valence-corrected chi connectivity index (χ3v) is 2.39. The van der Waals surface area contributed by atoms with Crippen LogP contribution in [0.2, 0.25) is 0 Å². The van der Waals surface area contributed by atoms with Crippen LogP contribution in [0.5, 0.6) is 0 Å². The molecule has 1 saturated carbocycles. The smallest absolute Gasteiger partial charge is 0.358 e. The van der Waals surface area contributed by atoms with Gasteiger partial charge in [-0.2, -0.15) is 5.10 Å². The van der Waals surface area contributed by atoms with Crippen molar-refractivity contribution < 1.29 is 14.3 Å². The fourth-order valence-corrected chi connectivity index (χ4v) is 1.51. The van der Waals surface area contributed by atoms with E-state index in [4.69, 9.17) is 4.74 Å². The minimum absolute atomic E-state index is 0.126. The van der Waals surface area contributed by atoms with Crippen molar-refractivity contribution in [2.24, 2.45) is 0 Å². The van der Waals surface area contributed by atoms with E-state index in [2.05, 4.69) is 5.10 Å². The average molecular weight is 208 g/mol. The molecule has 0 unspecified atom stereocenters. The SMILES string of the molecule is CCOC(=O)c1ccn(C2CC(=O)C2)n1.